The number of amides is 2. The normalized spacial score (nSPS) is 11.5. The van der Waals surface area contributed by atoms with Crippen molar-refractivity contribution in [2.75, 3.05) is 16.4 Å². The van der Waals surface area contributed by atoms with E-state index in [0.29, 0.717) is 33.4 Å². The molecule has 1 atom stereocenters. The molecule has 4 N–H and O–H groups in total. The largest absolute Gasteiger partial charge is 0.325 e. The molecule has 3 aromatic carbocycles. The predicted octanol–water partition coefficient (Wildman–Crippen LogP) is 4.99. The molecule has 0 saturated carbocycles. The number of carbonyl (C=O) groups is 3. The Kier molecular flexibility index (Phi) is 9.12. The SMILES string of the molecule is N[C@@H](CS)C(=O)Nc1ccc(NC(=O)CCc2ccc(Cl)cc2Cl)c(C(=O)c2ccccc2)c1. The first-order valence-corrected chi connectivity index (χ1v) is 11.8. The van der Waals surface area contributed by atoms with Gasteiger partial charge in [0.25, 0.3) is 0 Å². The van der Waals surface area contributed by atoms with E-state index in [1.807, 2.05) is 0 Å². The summed E-state index contributed by atoms with van der Waals surface area (Å²) in [4.78, 5) is 38.0. The maximum absolute atomic E-state index is 13.2. The molecule has 2 amide bonds. The molecular weight excluding hydrogens is 493 g/mol. The van der Waals surface area contributed by atoms with Gasteiger partial charge in [0.2, 0.25) is 11.8 Å². The summed E-state index contributed by atoms with van der Waals surface area (Å²) in [7, 11) is 0. The minimum atomic E-state index is -0.796. The van der Waals surface area contributed by atoms with Crippen LogP contribution in [0.3, 0.4) is 0 Å². The van der Waals surface area contributed by atoms with E-state index < -0.39 is 11.9 Å². The van der Waals surface area contributed by atoms with Gasteiger partial charge in [-0.05, 0) is 42.3 Å². The Hall–Kier alpha value is -2.84. The maximum atomic E-state index is 13.2. The molecular formula is C25H23Cl2N3O3S. The average molecular weight is 516 g/mol. The molecule has 0 spiro atoms. The molecule has 0 fully saturated rings. The number of nitrogens with one attached hydrogen (secondary N) is 2. The Morgan fingerprint density at radius 3 is 2.35 bits per heavy atom. The lowest BCUT2D eigenvalue weighted by molar-refractivity contribution is -0.117. The quantitative estimate of drug-likeness (QED) is 0.238. The summed E-state index contributed by atoms with van der Waals surface area (Å²) >= 11 is 16.1. The number of carbonyl (C=O) groups excluding carboxylic acids is 3. The molecule has 3 aromatic rings. The number of aryl methyl sites for hydroxylation is 1. The van der Waals surface area contributed by atoms with Crippen LogP contribution in [0.15, 0.2) is 66.7 Å². The second-order valence-electron chi connectivity index (χ2n) is 7.52. The number of ketones is 1. The van der Waals surface area contributed by atoms with Crippen LogP contribution in [0.2, 0.25) is 10.0 Å². The molecule has 0 saturated heterocycles. The number of nitrogens with two attached hydrogens (primary N) is 1. The van der Waals surface area contributed by atoms with Gasteiger partial charge in [-0.15, -0.1) is 0 Å². The van der Waals surface area contributed by atoms with Gasteiger partial charge < -0.3 is 16.4 Å². The summed E-state index contributed by atoms with van der Waals surface area (Å²) in [6.07, 6.45) is 0.551. The van der Waals surface area contributed by atoms with Gasteiger partial charge in [-0.2, -0.15) is 12.6 Å². The summed E-state index contributed by atoms with van der Waals surface area (Å²) in [5.41, 5.74) is 7.91. The van der Waals surface area contributed by atoms with Crippen LogP contribution in [0.1, 0.15) is 27.9 Å². The molecule has 0 aliphatic heterocycles. The molecule has 176 valence electrons. The third-order valence-electron chi connectivity index (χ3n) is 5.01. The first kappa shape index (κ1) is 25.8. The monoisotopic (exact) mass is 515 g/mol. The van der Waals surface area contributed by atoms with Gasteiger partial charge in [-0.3, -0.25) is 14.4 Å². The molecule has 0 aliphatic rings. The van der Waals surface area contributed by atoms with E-state index in [1.165, 1.54) is 6.07 Å². The summed E-state index contributed by atoms with van der Waals surface area (Å²) in [5.74, 6) is -0.842. The van der Waals surface area contributed by atoms with Crippen LogP contribution in [-0.2, 0) is 16.0 Å². The third kappa shape index (κ3) is 6.84. The topological polar surface area (TPSA) is 101 Å². The van der Waals surface area contributed by atoms with Crippen molar-refractivity contribution in [3.8, 4) is 0 Å². The molecule has 0 heterocycles. The number of anilines is 2. The molecule has 0 aromatic heterocycles. The number of benzene rings is 3. The number of rotatable bonds is 9. The summed E-state index contributed by atoms with van der Waals surface area (Å²) in [6.45, 7) is 0. The number of halogens is 2. The molecule has 0 radical (unpaired) electrons. The fourth-order valence-corrected chi connectivity index (χ4v) is 3.84. The van der Waals surface area contributed by atoms with Gasteiger partial charge in [0, 0.05) is 39.0 Å². The highest BCUT2D eigenvalue weighted by atomic mass is 35.5. The smallest absolute Gasteiger partial charge is 0.242 e. The minimum Gasteiger partial charge on any atom is -0.325 e. The van der Waals surface area contributed by atoms with Crippen LogP contribution in [0.25, 0.3) is 0 Å². The minimum absolute atomic E-state index is 0.148. The highest BCUT2D eigenvalue weighted by Crippen LogP contribution is 2.25. The molecule has 0 bridgehead atoms. The van der Waals surface area contributed by atoms with Crippen LogP contribution in [0.4, 0.5) is 11.4 Å². The summed E-state index contributed by atoms with van der Waals surface area (Å²) < 4.78 is 0. The zero-order valence-corrected chi connectivity index (χ0v) is 20.5. The van der Waals surface area contributed by atoms with Crippen molar-refractivity contribution >= 4 is 64.8 Å². The lowest BCUT2D eigenvalue weighted by Gasteiger charge is -2.15. The van der Waals surface area contributed by atoms with Gasteiger partial charge in [0.1, 0.15) is 0 Å². The molecule has 3 rings (SSSR count). The van der Waals surface area contributed by atoms with Gasteiger partial charge in [-0.1, -0.05) is 59.6 Å². The summed E-state index contributed by atoms with van der Waals surface area (Å²) in [6, 6.07) is 17.7. The number of hydrogen-bond donors (Lipinski definition) is 4. The van der Waals surface area contributed by atoms with Crippen molar-refractivity contribution in [2.45, 2.75) is 18.9 Å². The van der Waals surface area contributed by atoms with E-state index in [2.05, 4.69) is 23.3 Å². The second-order valence-corrected chi connectivity index (χ2v) is 8.73. The van der Waals surface area contributed by atoms with Gasteiger partial charge in [0.15, 0.2) is 5.78 Å². The molecule has 9 heteroatoms. The first-order valence-electron chi connectivity index (χ1n) is 10.4. The van der Waals surface area contributed by atoms with Crippen molar-refractivity contribution in [3.05, 3.63) is 93.5 Å². The van der Waals surface area contributed by atoms with Crippen molar-refractivity contribution < 1.29 is 14.4 Å². The van der Waals surface area contributed by atoms with Crippen LogP contribution >= 0.6 is 35.8 Å². The lowest BCUT2D eigenvalue weighted by Crippen LogP contribution is -2.37. The zero-order chi connectivity index (χ0) is 24.7. The third-order valence-corrected chi connectivity index (χ3v) is 5.99. The number of thiol groups is 1. The first-order chi connectivity index (χ1) is 16.3. The molecule has 34 heavy (non-hydrogen) atoms. The predicted molar refractivity (Wildman–Crippen MR) is 140 cm³/mol. The van der Waals surface area contributed by atoms with E-state index in [9.17, 15) is 14.4 Å². The lowest BCUT2D eigenvalue weighted by atomic mass is 10.0. The Labute approximate surface area is 213 Å². The van der Waals surface area contributed by atoms with Crippen LogP contribution in [-0.4, -0.2) is 29.4 Å². The van der Waals surface area contributed by atoms with E-state index in [1.54, 1.807) is 60.7 Å². The Morgan fingerprint density at radius 1 is 0.941 bits per heavy atom. The van der Waals surface area contributed by atoms with Crippen molar-refractivity contribution in [2.24, 2.45) is 5.73 Å². The maximum Gasteiger partial charge on any atom is 0.242 e. The fraction of sp³-hybridized carbons (Fsp3) is 0.160. The molecule has 6 nitrogen and oxygen atoms in total. The van der Waals surface area contributed by atoms with Crippen molar-refractivity contribution in [1.82, 2.24) is 0 Å². The summed E-state index contributed by atoms with van der Waals surface area (Å²) in [5, 5.41) is 6.48. The standard InChI is InChI=1S/C25H23Cl2N3O3S/c26-17-8-6-15(20(27)12-17)7-11-23(31)30-22-10-9-18(29-25(33)21(28)14-34)13-19(22)24(32)16-4-2-1-3-5-16/h1-6,8-10,12-13,21,34H,7,11,14,28H2,(H,29,33)(H,30,31)/t21-/m0/s1. The number of hydrogen-bond acceptors (Lipinski definition) is 5. The van der Waals surface area contributed by atoms with E-state index in [0.717, 1.165) is 5.56 Å². The highest BCUT2D eigenvalue weighted by molar-refractivity contribution is 7.80. The molecule has 0 unspecified atom stereocenters. The van der Waals surface area contributed by atoms with Crippen molar-refractivity contribution in [1.29, 1.82) is 0 Å². The van der Waals surface area contributed by atoms with E-state index >= 15 is 0 Å². The van der Waals surface area contributed by atoms with Gasteiger partial charge in [-0.25, -0.2) is 0 Å². The Bertz CT molecular complexity index is 1210. The Balaban J connectivity index is 1.82. The fourth-order valence-electron chi connectivity index (χ4n) is 3.17. The van der Waals surface area contributed by atoms with Crippen LogP contribution in [0.5, 0.6) is 0 Å². The van der Waals surface area contributed by atoms with Crippen LogP contribution in [0, 0.1) is 0 Å². The van der Waals surface area contributed by atoms with Crippen LogP contribution < -0.4 is 16.4 Å². The Morgan fingerprint density at radius 2 is 1.68 bits per heavy atom. The second kappa shape index (κ2) is 12.0. The van der Waals surface area contributed by atoms with E-state index in [-0.39, 0.29) is 29.4 Å². The van der Waals surface area contributed by atoms with Gasteiger partial charge >= 0.3 is 0 Å². The zero-order valence-electron chi connectivity index (χ0n) is 18.1. The highest BCUT2D eigenvalue weighted by Gasteiger charge is 2.18. The van der Waals surface area contributed by atoms with E-state index in [4.69, 9.17) is 28.9 Å². The molecule has 0 aliphatic carbocycles. The van der Waals surface area contributed by atoms with Gasteiger partial charge in [0.05, 0.1) is 11.7 Å². The van der Waals surface area contributed by atoms with Crippen molar-refractivity contribution in [3.63, 3.8) is 0 Å². The average Bonchev–Trinajstić information content (AvgIpc) is 2.84.